The van der Waals surface area contributed by atoms with E-state index in [-0.39, 0.29) is 0 Å². The summed E-state index contributed by atoms with van der Waals surface area (Å²) in [4.78, 5) is 0. The molecule has 0 fully saturated rings. The van der Waals surface area contributed by atoms with Gasteiger partial charge < -0.3 is 0 Å². The molecule has 0 heterocycles. The van der Waals surface area contributed by atoms with Crippen LogP contribution in [0.5, 0.6) is 0 Å². The Labute approximate surface area is 61.5 Å². The van der Waals surface area contributed by atoms with Gasteiger partial charge in [0.25, 0.3) is 0 Å². The maximum atomic E-state index is 10.7. The summed E-state index contributed by atoms with van der Waals surface area (Å²) < 4.78 is 46.3. The predicted molar refractivity (Wildman–Crippen MR) is 31.9 cm³/mol. The van der Waals surface area contributed by atoms with Gasteiger partial charge in [-0.1, -0.05) is 0 Å². The van der Waals surface area contributed by atoms with Gasteiger partial charge in [0.2, 0.25) is 0 Å². The van der Waals surface area contributed by atoms with Crippen LogP contribution in [0.1, 0.15) is 0 Å². The van der Waals surface area contributed by atoms with Crippen molar-refractivity contribution in [1.29, 1.82) is 0 Å². The van der Waals surface area contributed by atoms with Gasteiger partial charge in [-0.05, 0) is 0 Å². The van der Waals surface area contributed by atoms with E-state index in [2.05, 4.69) is 6.90 Å². The molecule has 0 aliphatic heterocycles. The minimum absolute atomic E-state index is 0.978. The van der Waals surface area contributed by atoms with Crippen molar-refractivity contribution in [1.82, 2.24) is 0 Å². The van der Waals surface area contributed by atoms with Gasteiger partial charge in [-0.2, -0.15) is 0 Å². The molecule has 0 aromatic rings. The van der Waals surface area contributed by atoms with Crippen molar-refractivity contribution in [2.45, 2.75) is 5.71 Å². The molecule has 0 aliphatic carbocycles. The first-order valence-electron chi connectivity index (χ1n) is 2.09. The third-order valence-electron chi connectivity index (χ3n) is 0.561. The zero-order valence-electron chi connectivity index (χ0n) is 5.34. The van der Waals surface area contributed by atoms with Crippen molar-refractivity contribution in [3.8, 4) is 0 Å². The van der Waals surface area contributed by atoms with E-state index in [0.717, 1.165) is 12.8 Å². The van der Waals surface area contributed by atoms with Crippen molar-refractivity contribution < 1.29 is 23.6 Å². The van der Waals surface area contributed by atoms with Gasteiger partial charge in [0.05, 0.1) is 0 Å². The van der Waals surface area contributed by atoms with Crippen LogP contribution in [0.25, 0.3) is 0 Å². The van der Waals surface area contributed by atoms with Gasteiger partial charge in [0, 0.05) is 0 Å². The fraction of sp³-hybridized carbons (Fsp3) is 1.00. The summed E-state index contributed by atoms with van der Waals surface area (Å²) in [7, 11) is -3.62. The fourth-order valence-electron chi connectivity index (χ4n) is 0.202. The fourth-order valence-corrected chi connectivity index (χ4v) is 3.14. The van der Waals surface area contributed by atoms with Crippen molar-refractivity contribution in [3.05, 3.63) is 0 Å². The van der Waals surface area contributed by atoms with Crippen LogP contribution in [-0.2, 0) is 21.0 Å². The number of hydrogen-bond donors (Lipinski definition) is 1. The summed E-state index contributed by atoms with van der Waals surface area (Å²) in [5, 5.41) is 0. The van der Waals surface area contributed by atoms with Gasteiger partial charge in [-0.3, -0.25) is 0 Å². The molecule has 1 unspecified atom stereocenters. The Hall–Kier alpha value is 0.188. The Kier molecular flexibility index (Phi) is 3.12. The average molecular weight is 234 g/mol. The summed E-state index contributed by atoms with van der Waals surface area (Å²) >= 11 is -4.22. The molecule has 0 bridgehead atoms. The second-order valence-corrected chi connectivity index (χ2v) is 7.40. The summed E-state index contributed by atoms with van der Waals surface area (Å²) in [6.45, 7) is 0. The Morgan fingerprint density at radius 1 is 1.50 bits per heavy atom. The molecule has 6 nitrogen and oxygen atoms in total. The first-order chi connectivity index (χ1) is 4.27. The van der Waals surface area contributed by atoms with Crippen LogP contribution in [0.2, 0.25) is 5.71 Å². The van der Waals surface area contributed by atoms with Crippen molar-refractivity contribution in [2.75, 3.05) is 7.11 Å². The Balaban J connectivity index is 4.32. The molecular weight excluding hydrogens is 227 g/mol. The Morgan fingerprint density at radius 3 is 2.00 bits per heavy atom. The third kappa shape index (κ3) is 5.01. The quantitative estimate of drug-likeness (QED) is 0.520. The number of hydrogen-bond acceptors (Lipinski definition) is 5. The molecule has 1 N–H and O–H groups in total. The van der Waals surface area contributed by atoms with E-state index < -0.39 is 24.6 Å². The molecular formula is C2H7AsO6S. The molecule has 0 amide bonds. The average Bonchev–Trinajstić information content (AvgIpc) is 1.60. The Bertz CT molecular complexity index is 240. The van der Waals surface area contributed by atoms with E-state index in [9.17, 15) is 12.2 Å². The molecule has 0 saturated carbocycles. The standard InChI is InChI=1S/C2H7AsO6S/c1-3(4,8-2)9-10(5,6)7/h1-2H3,(H,5,6,7). The summed E-state index contributed by atoms with van der Waals surface area (Å²) in [5.41, 5.74) is 0.978. The molecule has 0 spiro atoms. The summed E-state index contributed by atoms with van der Waals surface area (Å²) in [6.07, 6.45) is 0. The van der Waals surface area contributed by atoms with Crippen LogP contribution in [0.15, 0.2) is 0 Å². The maximum absolute atomic E-state index is 10.7. The molecule has 0 radical (unpaired) electrons. The van der Waals surface area contributed by atoms with E-state index in [1.54, 1.807) is 0 Å². The predicted octanol–water partition coefficient (Wildman–Crippen LogP) is -0.549. The topological polar surface area (TPSA) is 89.9 Å². The first-order valence-corrected chi connectivity index (χ1v) is 7.63. The van der Waals surface area contributed by atoms with E-state index in [1.165, 1.54) is 0 Å². The van der Waals surface area contributed by atoms with Crippen molar-refractivity contribution in [2.24, 2.45) is 0 Å². The second kappa shape index (κ2) is 3.06. The van der Waals surface area contributed by atoms with Crippen LogP contribution in [0, 0.1) is 0 Å². The molecule has 0 aromatic heterocycles. The van der Waals surface area contributed by atoms with E-state index >= 15 is 0 Å². The molecule has 62 valence electrons. The molecule has 0 aliphatic rings. The van der Waals surface area contributed by atoms with E-state index in [1.807, 2.05) is 0 Å². The van der Waals surface area contributed by atoms with Crippen LogP contribution >= 0.6 is 0 Å². The first kappa shape index (κ1) is 10.2. The second-order valence-electron chi connectivity index (χ2n) is 1.46. The molecule has 0 rings (SSSR count). The minimum atomic E-state index is -4.66. The van der Waals surface area contributed by atoms with E-state index in [4.69, 9.17) is 4.55 Å². The molecule has 0 saturated heterocycles. The molecule has 10 heavy (non-hydrogen) atoms. The van der Waals surface area contributed by atoms with Crippen molar-refractivity contribution >= 4 is 24.6 Å². The normalized spacial score (nSPS) is 18.3. The summed E-state index contributed by atoms with van der Waals surface area (Å²) in [5.74, 6) is 0. The van der Waals surface area contributed by atoms with Gasteiger partial charge in [-0.15, -0.1) is 0 Å². The zero-order valence-corrected chi connectivity index (χ0v) is 8.04. The van der Waals surface area contributed by atoms with Gasteiger partial charge in [0.1, 0.15) is 0 Å². The van der Waals surface area contributed by atoms with Crippen LogP contribution in [0.3, 0.4) is 0 Å². The Morgan fingerprint density at radius 2 is 1.90 bits per heavy atom. The van der Waals surface area contributed by atoms with Gasteiger partial charge >= 0.3 is 61.0 Å². The van der Waals surface area contributed by atoms with Crippen LogP contribution in [0.4, 0.5) is 0 Å². The van der Waals surface area contributed by atoms with Gasteiger partial charge in [-0.25, -0.2) is 0 Å². The third-order valence-corrected chi connectivity index (χ3v) is 5.30. The zero-order chi connectivity index (χ0) is 8.41. The SMILES string of the molecule is CO[As](C)(=O)OS(=O)(=O)O. The number of rotatable bonds is 3. The monoisotopic (exact) mass is 234 g/mol. The van der Waals surface area contributed by atoms with Crippen LogP contribution in [-0.4, -0.2) is 34.3 Å². The summed E-state index contributed by atoms with van der Waals surface area (Å²) in [6, 6.07) is 0. The molecule has 0 aromatic carbocycles. The van der Waals surface area contributed by atoms with Crippen LogP contribution < -0.4 is 0 Å². The van der Waals surface area contributed by atoms with E-state index in [0.29, 0.717) is 0 Å². The van der Waals surface area contributed by atoms with Crippen molar-refractivity contribution in [3.63, 3.8) is 0 Å². The molecule has 8 heteroatoms. The molecule has 1 atom stereocenters. The van der Waals surface area contributed by atoms with Gasteiger partial charge in [0.15, 0.2) is 0 Å².